The topological polar surface area (TPSA) is 113 Å². The van der Waals surface area contributed by atoms with E-state index in [1.54, 1.807) is 23.0 Å². The number of anilines is 2. The molecule has 0 saturated carbocycles. The smallest absolute Gasteiger partial charge is 0.335 e. The maximum Gasteiger partial charge on any atom is 0.335 e. The molecular weight excluding hydrogens is 370 g/mol. The van der Waals surface area contributed by atoms with Gasteiger partial charge in [-0.15, -0.1) is 0 Å². The third-order valence-corrected chi connectivity index (χ3v) is 4.15. The summed E-state index contributed by atoms with van der Waals surface area (Å²) in [5, 5.41) is 27.6. The number of hydrogen-bond donors (Lipinski definition) is 3. The average molecular weight is 382 g/mol. The minimum atomic E-state index is -1.12. The van der Waals surface area contributed by atoms with Crippen molar-refractivity contribution in [2.24, 2.45) is 0 Å². The van der Waals surface area contributed by atoms with Crippen LogP contribution in [0.2, 0.25) is 5.02 Å². The molecule has 4 aromatic rings. The van der Waals surface area contributed by atoms with Crippen LogP contribution in [0.4, 0.5) is 11.5 Å². The van der Waals surface area contributed by atoms with E-state index >= 15 is 0 Å². The standard InChI is InChI=1S/C18H12ClN5O3/c19-11-2-1-3-12(7-11)24-17-13(8-22-24)16(20-9-21-17)23-14-5-4-10(18(26)27)6-15(14)25/h1-9,25H,(H,26,27)(H,20,21,23). The van der Waals surface area contributed by atoms with E-state index in [0.717, 1.165) is 5.69 Å². The van der Waals surface area contributed by atoms with Gasteiger partial charge in [-0.25, -0.2) is 19.4 Å². The number of phenolic OH excluding ortho intramolecular Hbond substituents is 1. The molecule has 3 N–H and O–H groups in total. The van der Waals surface area contributed by atoms with Crippen molar-refractivity contribution in [3.8, 4) is 11.4 Å². The van der Waals surface area contributed by atoms with Crippen LogP contribution in [0.1, 0.15) is 10.4 Å². The number of aromatic carboxylic acids is 1. The highest BCUT2D eigenvalue weighted by Gasteiger charge is 2.14. The number of phenols is 1. The van der Waals surface area contributed by atoms with Crippen molar-refractivity contribution >= 4 is 40.1 Å². The average Bonchev–Trinajstić information content (AvgIpc) is 3.08. The lowest BCUT2D eigenvalue weighted by molar-refractivity contribution is 0.0696. The quantitative estimate of drug-likeness (QED) is 0.462. The number of rotatable bonds is 4. The van der Waals surface area contributed by atoms with Crippen molar-refractivity contribution in [2.75, 3.05) is 5.32 Å². The van der Waals surface area contributed by atoms with Crippen molar-refractivity contribution in [1.29, 1.82) is 0 Å². The molecule has 8 nitrogen and oxygen atoms in total. The van der Waals surface area contributed by atoms with Gasteiger partial charge < -0.3 is 15.5 Å². The van der Waals surface area contributed by atoms with Gasteiger partial charge in [-0.1, -0.05) is 17.7 Å². The number of carbonyl (C=O) groups is 1. The maximum absolute atomic E-state index is 11.0. The number of aromatic hydroxyl groups is 1. The van der Waals surface area contributed by atoms with Crippen molar-refractivity contribution in [2.45, 2.75) is 0 Å². The summed E-state index contributed by atoms with van der Waals surface area (Å²) in [5.74, 6) is -0.903. The Labute approximate surface area is 157 Å². The molecule has 0 atom stereocenters. The molecule has 0 amide bonds. The Morgan fingerprint density at radius 3 is 2.74 bits per heavy atom. The first-order valence-electron chi connectivity index (χ1n) is 7.81. The minimum Gasteiger partial charge on any atom is -0.506 e. The lowest BCUT2D eigenvalue weighted by Crippen LogP contribution is -2.00. The number of aromatic nitrogens is 4. The maximum atomic E-state index is 11.0. The Morgan fingerprint density at radius 2 is 2.00 bits per heavy atom. The molecule has 0 unspecified atom stereocenters. The van der Waals surface area contributed by atoms with E-state index in [1.807, 2.05) is 12.1 Å². The van der Waals surface area contributed by atoms with Crippen LogP contribution in [0.5, 0.6) is 5.75 Å². The molecule has 0 aliphatic carbocycles. The van der Waals surface area contributed by atoms with Crippen LogP contribution in [-0.4, -0.2) is 35.9 Å². The third-order valence-electron chi connectivity index (χ3n) is 3.92. The molecule has 0 bridgehead atoms. The van der Waals surface area contributed by atoms with Crippen LogP contribution in [0.25, 0.3) is 16.7 Å². The fourth-order valence-electron chi connectivity index (χ4n) is 2.64. The van der Waals surface area contributed by atoms with E-state index in [9.17, 15) is 9.90 Å². The van der Waals surface area contributed by atoms with Gasteiger partial charge in [-0.3, -0.25) is 0 Å². The Kier molecular flexibility index (Phi) is 4.09. The highest BCUT2D eigenvalue weighted by atomic mass is 35.5. The molecule has 0 spiro atoms. The molecule has 0 aliphatic rings. The first-order valence-corrected chi connectivity index (χ1v) is 8.19. The zero-order valence-corrected chi connectivity index (χ0v) is 14.4. The van der Waals surface area contributed by atoms with Crippen molar-refractivity contribution < 1.29 is 15.0 Å². The summed E-state index contributed by atoms with van der Waals surface area (Å²) >= 11 is 6.05. The predicted octanol–water partition coefficient (Wildman–Crippen LogP) is 3.62. The molecule has 2 aromatic heterocycles. The van der Waals surface area contributed by atoms with Gasteiger partial charge in [0.25, 0.3) is 0 Å². The van der Waals surface area contributed by atoms with Gasteiger partial charge in [0.1, 0.15) is 17.9 Å². The Hall–Kier alpha value is -3.65. The SMILES string of the molecule is O=C(O)c1ccc(Nc2ncnc3c2cnn3-c2cccc(Cl)c2)c(O)c1. The van der Waals surface area contributed by atoms with Crippen LogP contribution in [0.3, 0.4) is 0 Å². The van der Waals surface area contributed by atoms with E-state index < -0.39 is 5.97 Å². The van der Waals surface area contributed by atoms with Crippen molar-refractivity contribution in [1.82, 2.24) is 19.7 Å². The second kappa shape index (κ2) is 6.58. The van der Waals surface area contributed by atoms with Crippen LogP contribution in [0.15, 0.2) is 55.0 Å². The van der Waals surface area contributed by atoms with Gasteiger partial charge in [0.2, 0.25) is 0 Å². The molecule has 27 heavy (non-hydrogen) atoms. The fraction of sp³-hybridized carbons (Fsp3) is 0. The van der Waals surface area contributed by atoms with Crippen LogP contribution in [-0.2, 0) is 0 Å². The molecular formula is C18H12ClN5O3. The summed E-state index contributed by atoms with van der Waals surface area (Å²) in [4.78, 5) is 19.5. The summed E-state index contributed by atoms with van der Waals surface area (Å²) in [7, 11) is 0. The van der Waals surface area contributed by atoms with Gasteiger partial charge in [0, 0.05) is 5.02 Å². The zero-order valence-electron chi connectivity index (χ0n) is 13.7. The first kappa shape index (κ1) is 16.8. The van der Waals surface area contributed by atoms with E-state index in [2.05, 4.69) is 20.4 Å². The van der Waals surface area contributed by atoms with E-state index in [-0.39, 0.29) is 11.3 Å². The lowest BCUT2D eigenvalue weighted by atomic mass is 10.2. The Bertz CT molecular complexity index is 1170. The minimum absolute atomic E-state index is 0.0142. The summed E-state index contributed by atoms with van der Waals surface area (Å²) < 4.78 is 1.63. The molecule has 0 aliphatic heterocycles. The summed E-state index contributed by atoms with van der Waals surface area (Å²) in [6.07, 6.45) is 2.97. The van der Waals surface area contributed by atoms with Crippen LogP contribution in [0, 0.1) is 0 Å². The highest BCUT2D eigenvalue weighted by molar-refractivity contribution is 6.30. The number of carboxylic acid groups (broad SMARTS) is 1. The number of carboxylic acids is 1. The molecule has 9 heteroatoms. The van der Waals surface area contributed by atoms with Gasteiger partial charge in [-0.2, -0.15) is 5.10 Å². The Balaban J connectivity index is 1.75. The number of nitrogens with zero attached hydrogens (tertiary/aromatic N) is 4. The number of fused-ring (bicyclic) bond motifs is 1. The fourth-order valence-corrected chi connectivity index (χ4v) is 2.82. The van der Waals surface area contributed by atoms with Gasteiger partial charge in [0.05, 0.1) is 28.5 Å². The lowest BCUT2D eigenvalue weighted by Gasteiger charge is -2.09. The number of halogens is 1. The summed E-state index contributed by atoms with van der Waals surface area (Å²) in [6.45, 7) is 0. The summed E-state index contributed by atoms with van der Waals surface area (Å²) in [5.41, 5.74) is 1.60. The van der Waals surface area contributed by atoms with Crippen LogP contribution >= 0.6 is 11.6 Å². The second-order valence-electron chi connectivity index (χ2n) is 5.66. The predicted molar refractivity (Wildman–Crippen MR) is 100 cm³/mol. The third kappa shape index (κ3) is 3.13. The molecule has 0 saturated heterocycles. The van der Waals surface area contributed by atoms with E-state index in [4.69, 9.17) is 16.7 Å². The van der Waals surface area contributed by atoms with Gasteiger partial charge in [-0.05, 0) is 36.4 Å². The second-order valence-corrected chi connectivity index (χ2v) is 6.09. The zero-order chi connectivity index (χ0) is 19.0. The molecule has 134 valence electrons. The molecule has 4 rings (SSSR count). The summed E-state index contributed by atoms with van der Waals surface area (Å²) in [6, 6.07) is 11.2. The van der Waals surface area contributed by atoms with Gasteiger partial charge >= 0.3 is 5.97 Å². The van der Waals surface area contributed by atoms with E-state index in [1.165, 1.54) is 24.5 Å². The molecule has 2 heterocycles. The molecule has 0 fully saturated rings. The van der Waals surface area contributed by atoms with Gasteiger partial charge in [0.15, 0.2) is 5.65 Å². The molecule has 0 radical (unpaired) electrons. The highest BCUT2D eigenvalue weighted by Crippen LogP contribution is 2.30. The largest absolute Gasteiger partial charge is 0.506 e. The monoisotopic (exact) mass is 381 g/mol. The normalized spacial score (nSPS) is 10.9. The number of benzene rings is 2. The van der Waals surface area contributed by atoms with E-state index in [0.29, 0.717) is 27.6 Å². The van der Waals surface area contributed by atoms with Crippen molar-refractivity contribution in [3.63, 3.8) is 0 Å². The molecule has 2 aromatic carbocycles. The number of hydrogen-bond acceptors (Lipinski definition) is 6. The van der Waals surface area contributed by atoms with Crippen molar-refractivity contribution in [3.05, 3.63) is 65.6 Å². The van der Waals surface area contributed by atoms with Crippen LogP contribution < -0.4 is 5.32 Å². The number of nitrogens with one attached hydrogen (secondary N) is 1. The Morgan fingerprint density at radius 1 is 1.15 bits per heavy atom. The first-order chi connectivity index (χ1) is 13.0.